The summed E-state index contributed by atoms with van der Waals surface area (Å²) >= 11 is 0. The van der Waals surface area contributed by atoms with Crippen LogP contribution in [0, 0.1) is 6.92 Å². The summed E-state index contributed by atoms with van der Waals surface area (Å²) < 4.78 is 0. The summed E-state index contributed by atoms with van der Waals surface area (Å²) in [6.45, 7) is 5.91. The minimum Gasteiger partial charge on any atom is -0.395 e. The van der Waals surface area contributed by atoms with Crippen LogP contribution in [0.2, 0.25) is 0 Å². The predicted molar refractivity (Wildman–Crippen MR) is 82.0 cm³/mol. The van der Waals surface area contributed by atoms with Gasteiger partial charge in [-0.1, -0.05) is 29.8 Å². The van der Waals surface area contributed by atoms with Crippen molar-refractivity contribution in [3.8, 4) is 0 Å². The monoisotopic (exact) mass is 294 g/mol. The van der Waals surface area contributed by atoms with E-state index in [1.54, 1.807) is 0 Å². The fourth-order valence-electron chi connectivity index (χ4n) is 1.48. The number of hydrogen-bond donors (Lipinski definition) is 3. The average Bonchev–Trinajstić information content (AvgIpc) is 2.30. The molecule has 0 spiro atoms. The molecule has 1 rings (SSSR count). The number of rotatable bonds is 8. The van der Waals surface area contributed by atoms with E-state index in [-0.39, 0.29) is 31.4 Å². The first kappa shape index (κ1) is 20.0. The lowest BCUT2D eigenvalue weighted by Crippen LogP contribution is -2.23. The molecule has 0 aromatic heterocycles. The zero-order valence-corrected chi connectivity index (χ0v) is 12.4. The van der Waals surface area contributed by atoms with Gasteiger partial charge in [0.2, 0.25) is 0 Å². The van der Waals surface area contributed by atoms with Crippen LogP contribution in [0.15, 0.2) is 24.3 Å². The van der Waals surface area contributed by atoms with E-state index in [1.807, 2.05) is 0 Å². The molecule has 0 heterocycles. The van der Waals surface area contributed by atoms with Crippen molar-refractivity contribution >= 4 is 24.8 Å². The number of aryl methyl sites for hydroxylation is 1. The fourth-order valence-corrected chi connectivity index (χ4v) is 1.48. The third-order valence-corrected chi connectivity index (χ3v) is 2.45. The number of benzene rings is 1. The van der Waals surface area contributed by atoms with Gasteiger partial charge in [-0.25, -0.2) is 0 Å². The standard InChI is InChI=1S/C13H22N2O.2ClH/c1-12-3-5-13(6-4-12)11-15-8-2-7-14-9-10-16;;/h3-6,14-16H,2,7-11H2,1H3;2*1H. The topological polar surface area (TPSA) is 44.3 Å². The van der Waals surface area contributed by atoms with Gasteiger partial charge in [-0.15, -0.1) is 24.8 Å². The molecule has 0 unspecified atom stereocenters. The Hall–Kier alpha value is -0.320. The van der Waals surface area contributed by atoms with Crippen molar-refractivity contribution < 1.29 is 5.11 Å². The van der Waals surface area contributed by atoms with E-state index < -0.39 is 0 Å². The molecule has 1 aromatic rings. The highest BCUT2D eigenvalue weighted by atomic mass is 35.5. The zero-order valence-electron chi connectivity index (χ0n) is 10.8. The summed E-state index contributed by atoms with van der Waals surface area (Å²) in [7, 11) is 0. The molecule has 0 fully saturated rings. The van der Waals surface area contributed by atoms with E-state index in [0.717, 1.165) is 26.1 Å². The Morgan fingerprint density at radius 2 is 1.56 bits per heavy atom. The lowest BCUT2D eigenvalue weighted by Gasteiger charge is -2.06. The zero-order chi connectivity index (χ0) is 11.6. The number of nitrogens with one attached hydrogen (secondary N) is 2. The Bertz CT molecular complexity index is 281. The molecule has 0 aliphatic carbocycles. The van der Waals surface area contributed by atoms with Gasteiger partial charge in [0.25, 0.3) is 0 Å². The van der Waals surface area contributed by atoms with Crippen LogP contribution in [0.1, 0.15) is 17.5 Å². The van der Waals surface area contributed by atoms with Crippen molar-refractivity contribution in [1.82, 2.24) is 10.6 Å². The minimum absolute atomic E-state index is 0. The molecule has 0 aliphatic rings. The average molecular weight is 295 g/mol. The highest BCUT2D eigenvalue weighted by Crippen LogP contribution is 2.02. The van der Waals surface area contributed by atoms with Crippen LogP contribution in [0.5, 0.6) is 0 Å². The maximum Gasteiger partial charge on any atom is 0.0555 e. The summed E-state index contributed by atoms with van der Waals surface area (Å²) in [5.41, 5.74) is 2.63. The number of aliphatic hydroxyl groups is 1. The van der Waals surface area contributed by atoms with E-state index in [1.165, 1.54) is 11.1 Å². The molecule has 0 aliphatic heterocycles. The number of aliphatic hydroxyl groups excluding tert-OH is 1. The molecule has 18 heavy (non-hydrogen) atoms. The maximum atomic E-state index is 8.56. The van der Waals surface area contributed by atoms with Gasteiger partial charge in [0.15, 0.2) is 0 Å². The molecular weight excluding hydrogens is 271 g/mol. The van der Waals surface area contributed by atoms with Gasteiger partial charge in [-0.3, -0.25) is 0 Å². The molecule has 0 saturated heterocycles. The van der Waals surface area contributed by atoms with Crippen LogP contribution in [0.3, 0.4) is 0 Å². The van der Waals surface area contributed by atoms with Crippen molar-refractivity contribution in [1.29, 1.82) is 0 Å². The second-order valence-corrected chi connectivity index (χ2v) is 3.99. The van der Waals surface area contributed by atoms with Gasteiger partial charge in [-0.05, 0) is 32.0 Å². The molecule has 0 bridgehead atoms. The van der Waals surface area contributed by atoms with Crippen LogP contribution in [-0.2, 0) is 6.54 Å². The van der Waals surface area contributed by atoms with Crippen LogP contribution >= 0.6 is 24.8 Å². The molecule has 0 atom stereocenters. The van der Waals surface area contributed by atoms with Crippen molar-refractivity contribution in [3.63, 3.8) is 0 Å². The quantitative estimate of drug-likeness (QED) is 0.642. The Morgan fingerprint density at radius 3 is 2.17 bits per heavy atom. The first-order valence-corrected chi connectivity index (χ1v) is 5.91. The maximum absolute atomic E-state index is 8.56. The third-order valence-electron chi connectivity index (χ3n) is 2.45. The summed E-state index contributed by atoms with van der Waals surface area (Å²) in [6.07, 6.45) is 1.09. The van der Waals surface area contributed by atoms with Crippen molar-refractivity contribution in [2.45, 2.75) is 19.9 Å². The summed E-state index contributed by atoms with van der Waals surface area (Å²) in [4.78, 5) is 0. The van der Waals surface area contributed by atoms with Crippen LogP contribution < -0.4 is 10.6 Å². The minimum atomic E-state index is 0. The molecule has 0 radical (unpaired) electrons. The number of hydrogen-bond acceptors (Lipinski definition) is 3. The van der Waals surface area contributed by atoms with Crippen molar-refractivity contribution in [2.24, 2.45) is 0 Å². The third kappa shape index (κ3) is 9.68. The number of halogens is 2. The lowest BCUT2D eigenvalue weighted by atomic mass is 10.1. The molecular formula is C13H24Cl2N2O. The Labute approximate surface area is 122 Å². The fraction of sp³-hybridized carbons (Fsp3) is 0.538. The summed E-state index contributed by atoms with van der Waals surface area (Å²) in [5, 5.41) is 15.1. The first-order chi connectivity index (χ1) is 7.83. The molecule has 0 saturated carbocycles. The largest absolute Gasteiger partial charge is 0.395 e. The molecule has 0 amide bonds. The normalized spacial score (nSPS) is 9.44. The van der Waals surface area contributed by atoms with E-state index in [0.29, 0.717) is 6.54 Å². The van der Waals surface area contributed by atoms with Crippen LogP contribution in [0.25, 0.3) is 0 Å². The van der Waals surface area contributed by atoms with Gasteiger partial charge < -0.3 is 15.7 Å². The summed E-state index contributed by atoms with van der Waals surface area (Å²) in [6, 6.07) is 8.60. The van der Waals surface area contributed by atoms with Gasteiger partial charge >= 0.3 is 0 Å². The van der Waals surface area contributed by atoms with E-state index in [9.17, 15) is 0 Å². The van der Waals surface area contributed by atoms with E-state index in [4.69, 9.17) is 5.11 Å². The molecule has 3 nitrogen and oxygen atoms in total. The molecule has 1 aromatic carbocycles. The lowest BCUT2D eigenvalue weighted by molar-refractivity contribution is 0.292. The molecule has 3 N–H and O–H groups in total. The van der Waals surface area contributed by atoms with Gasteiger partial charge in [0.1, 0.15) is 0 Å². The van der Waals surface area contributed by atoms with E-state index in [2.05, 4.69) is 41.8 Å². The highest BCUT2D eigenvalue weighted by molar-refractivity contribution is 5.85. The van der Waals surface area contributed by atoms with Crippen molar-refractivity contribution in [2.75, 3.05) is 26.2 Å². The smallest absolute Gasteiger partial charge is 0.0555 e. The van der Waals surface area contributed by atoms with Gasteiger partial charge in [0, 0.05) is 13.1 Å². The highest BCUT2D eigenvalue weighted by Gasteiger charge is 1.92. The Kier molecular flexibility index (Phi) is 14.6. The van der Waals surface area contributed by atoms with Crippen LogP contribution in [0.4, 0.5) is 0 Å². The Balaban J connectivity index is 0. The Morgan fingerprint density at radius 1 is 0.944 bits per heavy atom. The second kappa shape index (κ2) is 13.1. The SMILES string of the molecule is Cc1ccc(CNCCCNCCO)cc1.Cl.Cl. The first-order valence-electron chi connectivity index (χ1n) is 5.91. The molecule has 5 heteroatoms. The van der Waals surface area contributed by atoms with Crippen molar-refractivity contribution in [3.05, 3.63) is 35.4 Å². The second-order valence-electron chi connectivity index (χ2n) is 3.99. The summed E-state index contributed by atoms with van der Waals surface area (Å²) in [5.74, 6) is 0. The van der Waals surface area contributed by atoms with Gasteiger partial charge in [0.05, 0.1) is 6.61 Å². The van der Waals surface area contributed by atoms with Gasteiger partial charge in [-0.2, -0.15) is 0 Å². The van der Waals surface area contributed by atoms with Crippen LogP contribution in [-0.4, -0.2) is 31.3 Å². The predicted octanol–water partition coefficient (Wildman–Crippen LogP) is 1.90. The molecule has 106 valence electrons. The van der Waals surface area contributed by atoms with E-state index >= 15 is 0 Å².